The Bertz CT molecular complexity index is 637. The van der Waals surface area contributed by atoms with E-state index in [0.717, 1.165) is 24.0 Å². The van der Waals surface area contributed by atoms with E-state index in [2.05, 4.69) is 25.7 Å². The Labute approximate surface area is 120 Å². The fraction of sp³-hybridized carbons (Fsp3) is 0.308. The van der Waals surface area contributed by atoms with E-state index in [0.29, 0.717) is 12.5 Å². The number of rotatable bonds is 4. The van der Waals surface area contributed by atoms with Crippen molar-refractivity contribution in [2.45, 2.75) is 13.1 Å². The molecule has 2 rings (SSSR count). The van der Waals surface area contributed by atoms with Gasteiger partial charge in [-0.15, -0.1) is 0 Å². The van der Waals surface area contributed by atoms with E-state index < -0.39 is 11.6 Å². The van der Waals surface area contributed by atoms with Gasteiger partial charge in [-0.2, -0.15) is 5.10 Å². The van der Waals surface area contributed by atoms with Gasteiger partial charge in [-0.25, -0.2) is 13.8 Å². The normalized spacial score (nSPS) is 11.5. The Balaban J connectivity index is 1.91. The van der Waals surface area contributed by atoms with Crippen molar-refractivity contribution in [3.05, 3.63) is 47.5 Å². The smallest absolute Gasteiger partial charge is 0.191 e. The summed E-state index contributed by atoms with van der Waals surface area (Å²) < 4.78 is 28.2. The molecule has 0 atom stereocenters. The van der Waals surface area contributed by atoms with E-state index >= 15 is 0 Å². The van der Waals surface area contributed by atoms with Gasteiger partial charge in [0.1, 0.15) is 23.8 Å². The number of aromatic nitrogens is 3. The molecule has 8 heteroatoms. The monoisotopic (exact) mass is 294 g/mol. The third-order valence-electron chi connectivity index (χ3n) is 2.90. The third-order valence-corrected chi connectivity index (χ3v) is 2.90. The maximum absolute atomic E-state index is 13.5. The van der Waals surface area contributed by atoms with Gasteiger partial charge in [-0.05, 0) is 18.2 Å². The fourth-order valence-corrected chi connectivity index (χ4v) is 1.72. The van der Waals surface area contributed by atoms with Crippen molar-refractivity contribution < 1.29 is 8.78 Å². The molecule has 0 radical (unpaired) electrons. The molecule has 1 heterocycles. The van der Waals surface area contributed by atoms with E-state index in [1.54, 1.807) is 18.8 Å². The molecular weight excluding hydrogens is 278 g/mol. The quantitative estimate of drug-likeness (QED) is 0.651. The van der Waals surface area contributed by atoms with Gasteiger partial charge in [0.25, 0.3) is 0 Å². The molecule has 1 aromatic carbocycles. The molecule has 0 unspecified atom stereocenters. The van der Waals surface area contributed by atoms with Gasteiger partial charge in [0.15, 0.2) is 5.96 Å². The maximum atomic E-state index is 13.5. The summed E-state index contributed by atoms with van der Waals surface area (Å²) in [5.41, 5.74) is 0.233. The van der Waals surface area contributed by atoms with Crippen molar-refractivity contribution in [3.63, 3.8) is 0 Å². The first-order valence-electron chi connectivity index (χ1n) is 6.31. The number of nitrogens with one attached hydrogen (secondary N) is 2. The molecule has 0 saturated carbocycles. The molecule has 2 aromatic rings. The van der Waals surface area contributed by atoms with Crippen LogP contribution in [-0.2, 0) is 20.1 Å². The van der Waals surface area contributed by atoms with Crippen LogP contribution in [0.5, 0.6) is 0 Å². The molecule has 6 nitrogen and oxygen atoms in total. The molecule has 0 saturated heterocycles. The second-order valence-electron chi connectivity index (χ2n) is 4.31. The van der Waals surface area contributed by atoms with Crippen molar-refractivity contribution >= 4 is 5.96 Å². The molecule has 0 amide bonds. The van der Waals surface area contributed by atoms with Crippen LogP contribution in [-0.4, -0.2) is 27.8 Å². The van der Waals surface area contributed by atoms with Gasteiger partial charge in [0, 0.05) is 26.2 Å². The lowest BCUT2D eigenvalue weighted by molar-refractivity contribution is 0.580. The van der Waals surface area contributed by atoms with Crippen LogP contribution in [0.25, 0.3) is 0 Å². The lowest BCUT2D eigenvalue weighted by Gasteiger charge is -2.12. The van der Waals surface area contributed by atoms with E-state index in [1.165, 1.54) is 6.33 Å². The van der Waals surface area contributed by atoms with Crippen LogP contribution < -0.4 is 10.6 Å². The first-order valence-corrected chi connectivity index (χ1v) is 6.31. The number of benzene rings is 1. The molecule has 0 aliphatic carbocycles. The van der Waals surface area contributed by atoms with E-state index in [-0.39, 0.29) is 12.1 Å². The summed E-state index contributed by atoms with van der Waals surface area (Å²) in [5.74, 6) is 0.249. The predicted octanol–water partition coefficient (Wildman–Crippen LogP) is 0.958. The number of aryl methyl sites for hydroxylation is 1. The zero-order valence-electron chi connectivity index (χ0n) is 11.8. The Kier molecular flexibility index (Phi) is 4.81. The summed E-state index contributed by atoms with van der Waals surface area (Å²) in [6, 6.07) is 3.33. The highest BCUT2D eigenvalue weighted by molar-refractivity contribution is 5.79. The molecule has 0 bridgehead atoms. The van der Waals surface area contributed by atoms with Crippen molar-refractivity contribution in [3.8, 4) is 0 Å². The summed E-state index contributed by atoms with van der Waals surface area (Å²) in [6.07, 6.45) is 1.45. The van der Waals surface area contributed by atoms with Crippen LogP contribution in [0.3, 0.4) is 0 Å². The van der Waals surface area contributed by atoms with E-state index in [4.69, 9.17) is 0 Å². The lowest BCUT2D eigenvalue weighted by atomic mass is 10.2. The number of hydrogen-bond donors (Lipinski definition) is 2. The zero-order chi connectivity index (χ0) is 15.2. The average molecular weight is 294 g/mol. The number of aliphatic imine (C=N–C) groups is 1. The van der Waals surface area contributed by atoms with Crippen LogP contribution in [0.2, 0.25) is 0 Å². The summed E-state index contributed by atoms with van der Waals surface area (Å²) >= 11 is 0. The molecule has 2 N–H and O–H groups in total. The van der Waals surface area contributed by atoms with E-state index in [9.17, 15) is 8.78 Å². The Hall–Kier alpha value is -2.51. The SMILES string of the molecule is CN=C(NCc1cc(F)ccc1F)NCc1ncnn1C. The summed E-state index contributed by atoms with van der Waals surface area (Å²) in [5, 5.41) is 9.88. The predicted molar refractivity (Wildman–Crippen MR) is 74.4 cm³/mol. The van der Waals surface area contributed by atoms with Gasteiger partial charge in [0.05, 0.1) is 6.54 Å². The molecule has 112 valence electrons. The number of halogens is 2. The maximum Gasteiger partial charge on any atom is 0.191 e. The Morgan fingerprint density at radius 1 is 1.29 bits per heavy atom. The molecule has 0 aliphatic rings. The number of nitrogens with zero attached hydrogens (tertiary/aromatic N) is 4. The zero-order valence-corrected chi connectivity index (χ0v) is 11.8. The average Bonchev–Trinajstić information content (AvgIpc) is 2.88. The molecule has 0 spiro atoms. The first-order chi connectivity index (χ1) is 10.1. The van der Waals surface area contributed by atoms with Gasteiger partial charge < -0.3 is 10.6 Å². The van der Waals surface area contributed by atoms with Crippen molar-refractivity contribution in [1.82, 2.24) is 25.4 Å². The van der Waals surface area contributed by atoms with Gasteiger partial charge in [-0.3, -0.25) is 9.67 Å². The highest BCUT2D eigenvalue weighted by atomic mass is 19.1. The van der Waals surface area contributed by atoms with Gasteiger partial charge in [-0.1, -0.05) is 0 Å². The van der Waals surface area contributed by atoms with Crippen LogP contribution in [0.4, 0.5) is 8.78 Å². The summed E-state index contributed by atoms with van der Waals surface area (Å²) in [4.78, 5) is 8.07. The first kappa shape index (κ1) is 14.9. The summed E-state index contributed by atoms with van der Waals surface area (Å²) in [6.45, 7) is 0.546. The third kappa shape index (κ3) is 3.98. The summed E-state index contributed by atoms with van der Waals surface area (Å²) in [7, 11) is 3.37. The van der Waals surface area contributed by atoms with E-state index in [1.807, 2.05) is 0 Å². The molecule has 1 aromatic heterocycles. The van der Waals surface area contributed by atoms with Gasteiger partial charge in [0.2, 0.25) is 0 Å². The fourth-order valence-electron chi connectivity index (χ4n) is 1.72. The molecule has 21 heavy (non-hydrogen) atoms. The minimum Gasteiger partial charge on any atom is -0.352 e. The number of guanidine groups is 1. The van der Waals surface area contributed by atoms with Gasteiger partial charge >= 0.3 is 0 Å². The van der Waals surface area contributed by atoms with Crippen molar-refractivity contribution in [1.29, 1.82) is 0 Å². The highest BCUT2D eigenvalue weighted by Gasteiger charge is 2.06. The Morgan fingerprint density at radius 3 is 2.71 bits per heavy atom. The second-order valence-corrected chi connectivity index (χ2v) is 4.31. The minimum atomic E-state index is -0.477. The molecular formula is C13H16F2N6. The van der Waals surface area contributed by atoms with Crippen LogP contribution in [0, 0.1) is 11.6 Å². The largest absolute Gasteiger partial charge is 0.352 e. The van der Waals surface area contributed by atoms with Crippen molar-refractivity contribution in [2.24, 2.45) is 12.0 Å². The van der Waals surface area contributed by atoms with Crippen LogP contribution >= 0.6 is 0 Å². The second kappa shape index (κ2) is 6.78. The molecule has 0 fully saturated rings. The Morgan fingerprint density at radius 2 is 2.05 bits per heavy atom. The topological polar surface area (TPSA) is 67.1 Å². The van der Waals surface area contributed by atoms with Crippen molar-refractivity contribution in [2.75, 3.05) is 7.05 Å². The minimum absolute atomic E-state index is 0.127. The van der Waals surface area contributed by atoms with Crippen LogP contribution in [0.1, 0.15) is 11.4 Å². The van der Waals surface area contributed by atoms with Crippen LogP contribution in [0.15, 0.2) is 29.5 Å². The lowest BCUT2D eigenvalue weighted by Crippen LogP contribution is -2.37. The molecule has 0 aliphatic heterocycles. The number of hydrogen-bond acceptors (Lipinski definition) is 3. The highest BCUT2D eigenvalue weighted by Crippen LogP contribution is 2.09. The standard InChI is InChI=1S/C13H16F2N6/c1-16-13(18-7-12-19-8-20-21(12)2)17-6-9-5-10(14)3-4-11(9)15/h3-5,8H,6-7H2,1-2H3,(H2,16,17,18).